The van der Waals surface area contributed by atoms with Crippen LogP contribution in [0.1, 0.15) is 6.42 Å². The minimum Gasteiger partial charge on any atom is -0.301 e. The molecule has 4 heteroatoms. The summed E-state index contributed by atoms with van der Waals surface area (Å²) in [5.74, 6) is 2.69. The van der Waals surface area contributed by atoms with Gasteiger partial charge in [-0.05, 0) is 18.7 Å². The van der Waals surface area contributed by atoms with Crippen LogP contribution in [0.5, 0.6) is 0 Å². The molecular weight excluding hydrogens is 178 g/mol. The fraction of sp³-hybridized carbons (Fsp3) is 1.00. The van der Waals surface area contributed by atoms with Gasteiger partial charge in [0.05, 0.1) is 0 Å². The van der Waals surface area contributed by atoms with Crippen LogP contribution in [0.2, 0.25) is 0 Å². The number of nitrogens with zero attached hydrogens (tertiary/aromatic N) is 1. The van der Waals surface area contributed by atoms with Crippen molar-refractivity contribution in [3.63, 3.8) is 0 Å². The normalized spacial score (nSPS) is 22.3. The van der Waals surface area contributed by atoms with Crippen molar-refractivity contribution < 1.29 is 4.21 Å². The van der Waals surface area contributed by atoms with E-state index < -0.39 is 10.8 Å². The van der Waals surface area contributed by atoms with Crippen molar-refractivity contribution >= 4 is 23.4 Å². The Hall–Kier alpha value is 0.460. The topological polar surface area (TPSA) is 20.3 Å². The van der Waals surface area contributed by atoms with Crippen LogP contribution >= 0.6 is 12.6 Å². The second-order valence-corrected chi connectivity index (χ2v) is 4.91. The number of thiol groups is 1. The highest BCUT2D eigenvalue weighted by Crippen LogP contribution is 2.00. The Morgan fingerprint density at radius 1 is 1.36 bits per heavy atom. The van der Waals surface area contributed by atoms with Crippen LogP contribution in [-0.2, 0) is 10.8 Å². The maximum Gasteiger partial charge on any atom is 0.0363 e. The summed E-state index contributed by atoms with van der Waals surface area (Å²) in [6, 6.07) is 0. The predicted octanol–water partition coefficient (Wildman–Crippen LogP) is 0.371. The molecule has 11 heavy (non-hydrogen) atoms. The molecule has 0 unspecified atom stereocenters. The Bertz CT molecular complexity index is 130. The molecule has 1 saturated heterocycles. The van der Waals surface area contributed by atoms with E-state index in [1.165, 1.54) is 0 Å². The van der Waals surface area contributed by atoms with Crippen molar-refractivity contribution in [2.24, 2.45) is 0 Å². The van der Waals surface area contributed by atoms with Gasteiger partial charge in [0.25, 0.3) is 0 Å². The van der Waals surface area contributed by atoms with Gasteiger partial charge in [-0.1, -0.05) is 0 Å². The fourth-order valence-electron chi connectivity index (χ4n) is 1.19. The third-order valence-electron chi connectivity index (χ3n) is 1.90. The smallest absolute Gasteiger partial charge is 0.0363 e. The van der Waals surface area contributed by atoms with Gasteiger partial charge < -0.3 is 4.90 Å². The number of hydrogen-bond acceptors (Lipinski definition) is 3. The van der Waals surface area contributed by atoms with Crippen LogP contribution in [0.25, 0.3) is 0 Å². The van der Waals surface area contributed by atoms with Gasteiger partial charge in [-0.25, -0.2) is 0 Å². The lowest BCUT2D eigenvalue weighted by Gasteiger charge is -2.25. The van der Waals surface area contributed by atoms with E-state index in [1.807, 2.05) is 0 Å². The Morgan fingerprint density at radius 3 is 2.55 bits per heavy atom. The lowest BCUT2D eigenvalue weighted by molar-refractivity contribution is 0.301. The molecule has 0 atom stereocenters. The lowest BCUT2D eigenvalue weighted by Crippen LogP contribution is -2.38. The van der Waals surface area contributed by atoms with E-state index in [1.54, 1.807) is 0 Å². The SMILES string of the molecule is O=S1CCN(CCCS)CC1. The summed E-state index contributed by atoms with van der Waals surface area (Å²) in [6.07, 6.45) is 1.15. The maximum atomic E-state index is 11.0. The van der Waals surface area contributed by atoms with Gasteiger partial charge in [0, 0.05) is 35.4 Å². The van der Waals surface area contributed by atoms with Crippen LogP contribution in [-0.4, -0.2) is 46.0 Å². The molecule has 1 aliphatic rings. The summed E-state index contributed by atoms with van der Waals surface area (Å²) < 4.78 is 11.0. The first-order chi connectivity index (χ1) is 5.33. The van der Waals surface area contributed by atoms with Crippen molar-refractivity contribution in [2.45, 2.75) is 6.42 Å². The summed E-state index contributed by atoms with van der Waals surface area (Å²) in [6.45, 7) is 3.15. The Morgan fingerprint density at radius 2 is 2.00 bits per heavy atom. The second-order valence-electron chi connectivity index (χ2n) is 2.77. The summed E-state index contributed by atoms with van der Waals surface area (Å²) >= 11 is 4.15. The zero-order chi connectivity index (χ0) is 8.10. The summed E-state index contributed by atoms with van der Waals surface area (Å²) in [5.41, 5.74) is 0. The minimum absolute atomic E-state index is 0.527. The third kappa shape index (κ3) is 3.58. The van der Waals surface area contributed by atoms with Gasteiger partial charge in [-0.2, -0.15) is 12.6 Å². The highest BCUT2D eigenvalue weighted by atomic mass is 32.2. The van der Waals surface area contributed by atoms with Crippen LogP contribution in [0, 0.1) is 0 Å². The predicted molar refractivity (Wildman–Crippen MR) is 52.8 cm³/mol. The minimum atomic E-state index is -0.527. The van der Waals surface area contributed by atoms with Crippen molar-refractivity contribution in [3.05, 3.63) is 0 Å². The molecule has 0 bridgehead atoms. The largest absolute Gasteiger partial charge is 0.301 e. The monoisotopic (exact) mass is 193 g/mol. The van der Waals surface area contributed by atoms with E-state index in [2.05, 4.69) is 17.5 Å². The molecule has 0 aromatic rings. The van der Waals surface area contributed by atoms with Gasteiger partial charge in [0.1, 0.15) is 0 Å². The molecule has 1 rings (SSSR count). The molecule has 0 N–H and O–H groups in total. The van der Waals surface area contributed by atoms with E-state index in [0.717, 1.165) is 43.3 Å². The van der Waals surface area contributed by atoms with E-state index in [0.29, 0.717) is 0 Å². The quantitative estimate of drug-likeness (QED) is 0.654. The van der Waals surface area contributed by atoms with Crippen molar-refractivity contribution in [3.8, 4) is 0 Å². The highest BCUT2D eigenvalue weighted by Gasteiger charge is 2.13. The lowest BCUT2D eigenvalue weighted by atomic mass is 10.4. The first-order valence-corrected chi connectivity index (χ1v) is 6.13. The molecule has 0 saturated carbocycles. The summed E-state index contributed by atoms with van der Waals surface area (Å²) in [5, 5.41) is 0. The zero-order valence-corrected chi connectivity index (χ0v) is 8.37. The average molecular weight is 193 g/mol. The maximum absolute atomic E-state index is 11.0. The van der Waals surface area contributed by atoms with E-state index in [4.69, 9.17) is 0 Å². The number of hydrogen-bond donors (Lipinski definition) is 1. The Kier molecular flexibility index (Phi) is 4.48. The van der Waals surface area contributed by atoms with Crippen LogP contribution < -0.4 is 0 Å². The first kappa shape index (κ1) is 9.55. The average Bonchev–Trinajstić information content (AvgIpc) is 2.04. The molecule has 0 aromatic heterocycles. The van der Waals surface area contributed by atoms with Crippen LogP contribution in [0.15, 0.2) is 0 Å². The highest BCUT2D eigenvalue weighted by molar-refractivity contribution is 7.85. The van der Waals surface area contributed by atoms with E-state index in [-0.39, 0.29) is 0 Å². The van der Waals surface area contributed by atoms with Gasteiger partial charge in [0.2, 0.25) is 0 Å². The summed E-state index contributed by atoms with van der Waals surface area (Å²) in [4.78, 5) is 2.37. The third-order valence-corrected chi connectivity index (χ3v) is 3.49. The number of rotatable bonds is 3. The van der Waals surface area contributed by atoms with Crippen molar-refractivity contribution in [2.75, 3.05) is 36.9 Å². The van der Waals surface area contributed by atoms with Crippen molar-refractivity contribution in [1.29, 1.82) is 0 Å². The second kappa shape index (κ2) is 5.17. The van der Waals surface area contributed by atoms with Gasteiger partial charge >= 0.3 is 0 Å². The molecule has 0 amide bonds. The van der Waals surface area contributed by atoms with Crippen LogP contribution in [0.4, 0.5) is 0 Å². The molecule has 0 aromatic carbocycles. The molecule has 1 fully saturated rings. The molecular formula is C7H15NOS2. The van der Waals surface area contributed by atoms with Gasteiger partial charge in [-0.3, -0.25) is 4.21 Å². The fourth-order valence-corrected chi connectivity index (χ4v) is 2.46. The molecule has 0 aliphatic carbocycles. The van der Waals surface area contributed by atoms with E-state index >= 15 is 0 Å². The van der Waals surface area contributed by atoms with Gasteiger partial charge in [-0.15, -0.1) is 0 Å². The molecule has 1 heterocycles. The zero-order valence-electron chi connectivity index (χ0n) is 6.66. The Balaban J connectivity index is 2.12. The van der Waals surface area contributed by atoms with Crippen LogP contribution in [0.3, 0.4) is 0 Å². The molecule has 0 spiro atoms. The molecule has 0 radical (unpaired) electrons. The van der Waals surface area contributed by atoms with E-state index in [9.17, 15) is 4.21 Å². The standard InChI is InChI=1S/C7H15NOS2/c9-11-6-3-8(4-7-11)2-1-5-10/h10H,1-7H2. The molecule has 66 valence electrons. The first-order valence-electron chi connectivity index (χ1n) is 4.01. The molecule has 1 aliphatic heterocycles. The summed E-state index contributed by atoms with van der Waals surface area (Å²) in [7, 11) is -0.527. The van der Waals surface area contributed by atoms with Crippen molar-refractivity contribution in [1.82, 2.24) is 4.90 Å². The molecule has 2 nitrogen and oxygen atoms in total. The van der Waals surface area contributed by atoms with Gasteiger partial charge in [0.15, 0.2) is 0 Å². The Labute approximate surface area is 76.2 Å².